The van der Waals surface area contributed by atoms with E-state index in [1.807, 2.05) is 19.1 Å². The van der Waals surface area contributed by atoms with Gasteiger partial charge in [-0.2, -0.15) is 0 Å². The normalized spacial score (nSPS) is 9.94. The topological polar surface area (TPSA) is 58.2 Å². The molecule has 0 saturated heterocycles. The maximum absolute atomic E-state index is 11.9. The maximum atomic E-state index is 11.9. The third-order valence-electron chi connectivity index (χ3n) is 2.18. The summed E-state index contributed by atoms with van der Waals surface area (Å²) in [5, 5.41) is 5.41. The van der Waals surface area contributed by atoms with Crippen LogP contribution in [-0.2, 0) is 4.79 Å². The van der Waals surface area contributed by atoms with Crippen LogP contribution in [0.25, 0.3) is 0 Å². The van der Waals surface area contributed by atoms with E-state index in [1.165, 1.54) is 0 Å². The van der Waals surface area contributed by atoms with Gasteiger partial charge in [-0.25, -0.2) is 0 Å². The summed E-state index contributed by atoms with van der Waals surface area (Å²) < 4.78 is 1.74. The summed E-state index contributed by atoms with van der Waals surface area (Å²) in [7, 11) is 0. The fourth-order valence-corrected chi connectivity index (χ4v) is 2.28. The van der Waals surface area contributed by atoms with Gasteiger partial charge in [0.15, 0.2) is 0 Å². The van der Waals surface area contributed by atoms with Crippen molar-refractivity contribution in [2.24, 2.45) is 0 Å². The first-order valence-corrected chi connectivity index (χ1v) is 7.41. The number of hydrogen-bond acceptors (Lipinski definition) is 2. The lowest BCUT2D eigenvalue weighted by Gasteiger charge is -2.07. The van der Waals surface area contributed by atoms with E-state index in [9.17, 15) is 9.59 Å². The van der Waals surface area contributed by atoms with Gasteiger partial charge >= 0.3 is 0 Å². The standard InChI is InChI=1S/C12H14BrIN2O2/c1-2-15-11(17)5-6-16-12(18)9-7-8(13)3-4-10(9)14/h3-4,7H,2,5-6H2,1H3,(H,15,17)(H,16,18). The molecule has 0 bridgehead atoms. The largest absolute Gasteiger partial charge is 0.356 e. The van der Waals surface area contributed by atoms with E-state index in [2.05, 4.69) is 49.2 Å². The van der Waals surface area contributed by atoms with Crippen LogP contribution in [0.5, 0.6) is 0 Å². The predicted octanol–water partition coefficient (Wildman–Crippen LogP) is 2.31. The number of carbonyl (C=O) groups excluding carboxylic acids is 2. The van der Waals surface area contributed by atoms with Crippen molar-refractivity contribution < 1.29 is 9.59 Å². The van der Waals surface area contributed by atoms with Crippen LogP contribution in [0.15, 0.2) is 22.7 Å². The molecule has 4 nitrogen and oxygen atoms in total. The molecule has 1 aromatic carbocycles. The Bertz CT molecular complexity index is 452. The van der Waals surface area contributed by atoms with E-state index in [-0.39, 0.29) is 11.8 Å². The summed E-state index contributed by atoms with van der Waals surface area (Å²) in [6, 6.07) is 5.51. The van der Waals surface area contributed by atoms with Gasteiger partial charge in [0.25, 0.3) is 5.91 Å². The highest BCUT2D eigenvalue weighted by molar-refractivity contribution is 14.1. The molecule has 0 saturated carbocycles. The van der Waals surface area contributed by atoms with Gasteiger partial charge in [-0.15, -0.1) is 0 Å². The Morgan fingerprint density at radius 3 is 2.72 bits per heavy atom. The summed E-state index contributed by atoms with van der Waals surface area (Å²) in [6.07, 6.45) is 0.296. The Morgan fingerprint density at radius 2 is 2.06 bits per heavy atom. The van der Waals surface area contributed by atoms with Gasteiger partial charge in [0, 0.05) is 27.6 Å². The van der Waals surface area contributed by atoms with Gasteiger partial charge in [0.05, 0.1) is 5.56 Å². The molecular weight excluding hydrogens is 411 g/mol. The number of benzene rings is 1. The van der Waals surface area contributed by atoms with Crippen molar-refractivity contribution in [1.82, 2.24) is 10.6 Å². The van der Waals surface area contributed by atoms with Crippen molar-refractivity contribution in [3.8, 4) is 0 Å². The Labute approximate surface area is 128 Å². The molecule has 6 heteroatoms. The highest BCUT2D eigenvalue weighted by Gasteiger charge is 2.10. The minimum absolute atomic E-state index is 0.0539. The second kappa shape index (κ2) is 7.73. The Morgan fingerprint density at radius 1 is 1.33 bits per heavy atom. The van der Waals surface area contributed by atoms with E-state index >= 15 is 0 Å². The first-order valence-electron chi connectivity index (χ1n) is 5.54. The van der Waals surface area contributed by atoms with Crippen molar-refractivity contribution in [3.05, 3.63) is 31.8 Å². The average molecular weight is 425 g/mol. The fraction of sp³-hybridized carbons (Fsp3) is 0.333. The minimum atomic E-state index is -0.162. The molecule has 98 valence electrons. The van der Waals surface area contributed by atoms with Crippen molar-refractivity contribution in [3.63, 3.8) is 0 Å². The number of amides is 2. The lowest BCUT2D eigenvalue weighted by Crippen LogP contribution is -2.30. The zero-order valence-electron chi connectivity index (χ0n) is 9.93. The van der Waals surface area contributed by atoms with Gasteiger partial charge in [-0.3, -0.25) is 9.59 Å². The zero-order valence-corrected chi connectivity index (χ0v) is 13.7. The van der Waals surface area contributed by atoms with Crippen LogP contribution in [0, 0.1) is 3.57 Å². The molecule has 18 heavy (non-hydrogen) atoms. The van der Waals surface area contributed by atoms with E-state index in [0.29, 0.717) is 25.1 Å². The molecule has 2 amide bonds. The lowest BCUT2D eigenvalue weighted by molar-refractivity contribution is -0.120. The van der Waals surface area contributed by atoms with E-state index < -0.39 is 0 Å². The quantitative estimate of drug-likeness (QED) is 0.712. The van der Waals surface area contributed by atoms with E-state index in [4.69, 9.17) is 0 Å². The van der Waals surface area contributed by atoms with Gasteiger partial charge in [0.1, 0.15) is 0 Å². The van der Waals surface area contributed by atoms with Gasteiger partial charge in [0.2, 0.25) is 5.91 Å². The number of nitrogens with one attached hydrogen (secondary N) is 2. The number of carbonyl (C=O) groups is 2. The summed E-state index contributed by atoms with van der Waals surface area (Å²) in [6.45, 7) is 2.81. The molecule has 0 spiro atoms. The van der Waals surface area contributed by atoms with Crippen LogP contribution in [0.4, 0.5) is 0 Å². The summed E-state index contributed by atoms with van der Waals surface area (Å²) >= 11 is 5.44. The van der Waals surface area contributed by atoms with Crippen LogP contribution < -0.4 is 10.6 Å². The van der Waals surface area contributed by atoms with Gasteiger partial charge in [-0.1, -0.05) is 15.9 Å². The molecule has 0 aliphatic carbocycles. The van der Waals surface area contributed by atoms with Crippen molar-refractivity contribution in [2.45, 2.75) is 13.3 Å². The van der Waals surface area contributed by atoms with Crippen LogP contribution >= 0.6 is 38.5 Å². The molecule has 2 N–H and O–H groups in total. The van der Waals surface area contributed by atoms with Crippen LogP contribution in [0.3, 0.4) is 0 Å². The summed E-state index contributed by atoms with van der Waals surface area (Å²) in [5.41, 5.74) is 0.612. The molecule has 0 heterocycles. The number of halogens is 2. The van der Waals surface area contributed by atoms with Crippen molar-refractivity contribution in [1.29, 1.82) is 0 Å². The first kappa shape index (κ1) is 15.4. The van der Waals surface area contributed by atoms with Gasteiger partial charge in [-0.05, 0) is 47.7 Å². The van der Waals surface area contributed by atoms with E-state index in [1.54, 1.807) is 6.07 Å². The highest BCUT2D eigenvalue weighted by Crippen LogP contribution is 2.18. The molecule has 0 aromatic heterocycles. The molecule has 0 fully saturated rings. The van der Waals surface area contributed by atoms with Crippen molar-refractivity contribution in [2.75, 3.05) is 13.1 Å². The predicted molar refractivity (Wildman–Crippen MR) is 82.5 cm³/mol. The second-order valence-corrected chi connectivity index (χ2v) is 5.66. The Hall–Kier alpha value is -0.630. The molecular formula is C12H14BrIN2O2. The Kier molecular flexibility index (Phi) is 6.62. The average Bonchev–Trinajstić information content (AvgIpc) is 2.32. The molecule has 0 unspecified atom stereocenters. The summed E-state index contributed by atoms with van der Waals surface area (Å²) in [5.74, 6) is -0.216. The SMILES string of the molecule is CCNC(=O)CCNC(=O)c1cc(Br)ccc1I. The summed E-state index contributed by atoms with van der Waals surface area (Å²) in [4.78, 5) is 23.1. The fourth-order valence-electron chi connectivity index (χ4n) is 1.34. The zero-order chi connectivity index (χ0) is 13.5. The van der Waals surface area contributed by atoms with E-state index in [0.717, 1.165) is 8.04 Å². The van der Waals surface area contributed by atoms with Crippen molar-refractivity contribution >= 4 is 50.3 Å². The molecule has 0 aliphatic rings. The van der Waals surface area contributed by atoms with Crippen LogP contribution in [0.2, 0.25) is 0 Å². The molecule has 0 radical (unpaired) electrons. The molecule has 1 rings (SSSR count). The Balaban J connectivity index is 2.50. The van der Waals surface area contributed by atoms with Crippen LogP contribution in [0.1, 0.15) is 23.7 Å². The second-order valence-electron chi connectivity index (χ2n) is 3.58. The smallest absolute Gasteiger partial charge is 0.252 e. The third kappa shape index (κ3) is 4.93. The van der Waals surface area contributed by atoms with Crippen LogP contribution in [-0.4, -0.2) is 24.9 Å². The minimum Gasteiger partial charge on any atom is -0.356 e. The molecule has 0 atom stereocenters. The third-order valence-corrected chi connectivity index (χ3v) is 3.62. The lowest BCUT2D eigenvalue weighted by atomic mass is 10.2. The number of hydrogen-bond donors (Lipinski definition) is 2. The number of rotatable bonds is 5. The van der Waals surface area contributed by atoms with Gasteiger partial charge < -0.3 is 10.6 Å². The molecule has 0 aliphatic heterocycles. The first-order chi connectivity index (χ1) is 8.54. The highest BCUT2D eigenvalue weighted by atomic mass is 127. The molecule has 1 aromatic rings. The monoisotopic (exact) mass is 424 g/mol. The maximum Gasteiger partial charge on any atom is 0.252 e.